The minimum atomic E-state index is -0.309. The van der Waals surface area contributed by atoms with E-state index in [9.17, 15) is 4.79 Å². The zero-order chi connectivity index (χ0) is 9.92. The average Bonchev–Trinajstić information content (AvgIpc) is 2.74. The molecule has 2 heterocycles. The lowest BCUT2D eigenvalue weighted by Gasteiger charge is -2.31. The van der Waals surface area contributed by atoms with Crippen LogP contribution in [0.1, 0.15) is 12.8 Å². The standard InChI is InChI=1S/C11H15NO2/c1-7-4-11(10(13)14-2)9-3-8(9)6-12(11)5-7/h8-9H,1,3-6H2,2H3/t8-,9-,11-/m1/s1. The molecule has 76 valence electrons. The Kier molecular flexibility index (Phi) is 1.45. The van der Waals surface area contributed by atoms with Crippen molar-refractivity contribution >= 4 is 5.97 Å². The average molecular weight is 193 g/mol. The molecule has 0 radical (unpaired) electrons. The molecule has 0 bridgehead atoms. The smallest absolute Gasteiger partial charge is 0.326 e. The summed E-state index contributed by atoms with van der Waals surface area (Å²) in [7, 11) is 1.49. The lowest BCUT2D eigenvalue weighted by molar-refractivity contribution is -0.153. The Bertz CT molecular complexity index is 325. The van der Waals surface area contributed by atoms with E-state index in [-0.39, 0.29) is 11.5 Å². The van der Waals surface area contributed by atoms with E-state index in [2.05, 4.69) is 11.5 Å². The number of piperidine rings is 1. The highest BCUT2D eigenvalue weighted by Gasteiger charge is 2.68. The highest BCUT2D eigenvalue weighted by molar-refractivity contribution is 5.84. The molecular formula is C11H15NO2. The van der Waals surface area contributed by atoms with Crippen LogP contribution in [-0.2, 0) is 9.53 Å². The molecule has 2 saturated heterocycles. The van der Waals surface area contributed by atoms with Gasteiger partial charge < -0.3 is 4.74 Å². The summed E-state index contributed by atoms with van der Waals surface area (Å²) in [6.45, 7) is 5.96. The van der Waals surface area contributed by atoms with Gasteiger partial charge in [-0.15, -0.1) is 0 Å². The Hall–Kier alpha value is -0.830. The van der Waals surface area contributed by atoms with Gasteiger partial charge in [0.05, 0.1) is 7.11 Å². The van der Waals surface area contributed by atoms with Crippen molar-refractivity contribution in [2.45, 2.75) is 18.4 Å². The molecule has 0 amide bonds. The van der Waals surface area contributed by atoms with Gasteiger partial charge in [-0.2, -0.15) is 0 Å². The molecule has 0 spiro atoms. The largest absolute Gasteiger partial charge is 0.468 e. The first-order valence-electron chi connectivity index (χ1n) is 5.18. The van der Waals surface area contributed by atoms with E-state index in [0.29, 0.717) is 5.92 Å². The summed E-state index contributed by atoms with van der Waals surface area (Å²) in [6, 6.07) is 0. The number of rotatable bonds is 1. The SMILES string of the molecule is C=C1CN2C[C@H]3C[C@H]3[C@@]2(C(=O)OC)C1. The van der Waals surface area contributed by atoms with Crippen molar-refractivity contribution in [3.63, 3.8) is 0 Å². The molecule has 0 unspecified atom stereocenters. The molecule has 3 aliphatic rings. The van der Waals surface area contributed by atoms with Crippen molar-refractivity contribution in [2.75, 3.05) is 20.2 Å². The van der Waals surface area contributed by atoms with Gasteiger partial charge in [0.15, 0.2) is 0 Å². The quantitative estimate of drug-likeness (QED) is 0.456. The molecule has 14 heavy (non-hydrogen) atoms. The fourth-order valence-electron chi connectivity index (χ4n) is 3.40. The number of esters is 1. The number of carbonyl (C=O) groups excluding carboxylic acids is 1. The molecule has 3 heteroatoms. The van der Waals surface area contributed by atoms with Gasteiger partial charge in [0.1, 0.15) is 5.54 Å². The Balaban J connectivity index is 1.99. The van der Waals surface area contributed by atoms with Gasteiger partial charge in [0.2, 0.25) is 0 Å². The highest BCUT2D eigenvalue weighted by Crippen LogP contribution is 2.60. The summed E-state index contributed by atoms with van der Waals surface area (Å²) in [5.74, 6) is 1.26. The van der Waals surface area contributed by atoms with Gasteiger partial charge in [-0.05, 0) is 24.7 Å². The molecule has 3 rings (SSSR count). The lowest BCUT2D eigenvalue weighted by atomic mass is 9.90. The summed E-state index contributed by atoms with van der Waals surface area (Å²) < 4.78 is 4.96. The number of hydrogen-bond acceptors (Lipinski definition) is 3. The second-order valence-corrected chi connectivity index (χ2v) is 4.83. The first-order chi connectivity index (χ1) is 6.68. The van der Waals surface area contributed by atoms with Crippen LogP contribution in [0.2, 0.25) is 0 Å². The molecule has 0 aromatic carbocycles. The molecule has 1 saturated carbocycles. The van der Waals surface area contributed by atoms with E-state index < -0.39 is 0 Å². The number of methoxy groups -OCH3 is 1. The van der Waals surface area contributed by atoms with E-state index >= 15 is 0 Å². The highest BCUT2D eigenvalue weighted by atomic mass is 16.5. The molecule has 2 aliphatic heterocycles. The van der Waals surface area contributed by atoms with Crippen LogP contribution >= 0.6 is 0 Å². The Morgan fingerprint density at radius 1 is 1.71 bits per heavy atom. The summed E-state index contributed by atoms with van der Waals surface area (Å²) in [5, 5.41) is 0. The van der Waals surface area contributed by atoms with Crippen LogP contribution in [0, 0.1) is 11.8 Å². The number of carbonyl (C=O) groups is 1. The second-order valence-electron chi connectivity index (χ2n) is 4.83. The molecule has 0 aromatic heterocycles. The van der Waals surface area contributed by atoms with Crippen LogP contribution in [0.5, 0.6) is 0 Å². The second kappa shape index (κ2) is 2.40. The number of ether oxygens (including phenoxy) is 1. The van der Waals surface area contributed by atoms with Gasteiger partial charge >= 0.3 is 5.97 Å². The van der Waals surface area contributed by atoms with Gasteiger partial charge in [0.25, 0.3) is 0 Å². The van der Waals surface area contributed by atoms with Crippen LogP contribution in [-0.4, -0.2) is 36.6 Å². The van der Waals surface area contributed by atoms with Crippen molar-refractivity contribution in [1.29, 1.82) is 0 Å². The molecule has 0 N–H and O–H groups in total. The fraction of sp³-hybridized carbons (Fsp3) is 0.727. The maximum Gasteiger partial charge on any atom is 0.326 e. The number of fused-ring (bicyclic) bond motifs is 3. The summed E-state index contributed by atoms with van der Waals surface area (Å²) in [6.07, 6.45) is 2.03. The third kappa shape index (κ3) is 0.793. The van der Waals surface area contributed by atoms with E-state index in [1.54, 1.807) is 0 Å². The van der Waals surface area contributed by atoms with Crippen molar-refractivity contribution in [2.24, 2.45) is 11.8 Å². The normalized spacial score (nSPS) is 44.8. The maximum atomic E-state index is 11.9. The topological polar surface area (TPSA) is 29.5 Å². The van der Waals surface area contributed by atoms with Crippen LogP contribution in [0.3, 0.4) is 0 Å². The van der Waals surface area contributed by atoms with Crippen molar-refractivity contribution in [3.05, 3.63) is 12.2 Å². The van der Waals surface area contributed by atoms with E-state index in [1.807, 2.05) is 0 Å². The molecule has 3 atom stereocenters. The van der Waals surface area contributed by atoms with Crippen molar-refractivity contribution in [1.82, 2.24) is 4.90 Å². The molecule has 0 aromatic rings. The van der Waals surface area contributed by atoms with Gasteiger partial charge in [0, 0.05) is 13.1 Å². The summed E-state index contributed by atoms with van der Waals surface area (Å²) >= 11 is 0. The van der Waals surface area contributed by atoms with Gasteiger partial charge in [-0.3, -0.25) is 9.69 Å². The maximum absolute atomic E-state index is 11.9. The molecule has 3 fully saturated rings. The van der Waals surface area contributed by atoms with Crippen LogP contribution < -0.4 is 0 Å². The van der Waals surface area contributed by atoms with Crippen LogP contribution in [0.25, 0.3) is 0 Å². The third-order valence-electron chi connectivity index (χ3n) is 4.03. The molecule has 3 nitrogen and oxygen atoms in total. The molecular weight excluding hydrogens is 178 g/mol. The van der Waals surface area contributed by atoms with E-state index in [4.69, 9.17) is 4.74 Å². The summed E-state index contributed by atoms with van der Waals surface area (Å²) in [4.78, 5) is 14.2. The first kappa shape index (κ1) is 8.48. The monoisotopic (exact) mass is 193 g/mol. The summed E-state index contributed by atoms with van der Waals surface area (Å²) in [5.41, 5.74) is 0.872. The van der Waals surface area contributed by atoms with E-state index in [0.717, 1.165) is 25.4 Å². The van der Waals surface area contributed by atoms with Crippen LogP contribution in [0.15, 0.2) is 12.2 Å². The zero-order valence-corrected chi connectivity index (χ0v) is 8.45. The van der Waals surface area contributed by atoms with Crippen molar-refractivity contribution in [3.8, 4) is 0 Å². The Morgan fingerprint density at radius 2 is 2.50 bits per heavy atom. The number of nitrogens with zero attached hydrogens (tertiary/aromatic N) is 1. The predicted octanol–water partition coefficient (Wildman–Crippen LogP) is 0.810. The minimum Gasteiger partial charge on any atom is -0.468 e. The minimum absolute atomic E-state index is 0.0406. The zero-order valence-electron chi connectivity index (χ0n) is 8.45. The fourth-order valence-corrected chi connectivity index (χ4v) is 3.40. The third-order valence-corrected chi connectivity index (χ3v) is 4.03. The van der Waals surface area contributed by atoms with Crippen molar-refractivity contribution < 1.29 is 9.53 Å². The van der Waals surface area contributed by atoms with Gasteiger partial charge in [-0.25, -0.2) is 0 Å². The Labute approximate surface area is 83.7 Å². The predicted molar refractivity (Wildman–Crippen MR) is 51.7 cm³/mol. The van der Waals surface area contributed by atoms with E-state index in [1.165, 1.54) is 19.1 Å². The lowest BCUT2D eigenvalue weighted by Crippen LogP contribution is -2.49. The number of hydrogen-bond donors (Lipinski definition) is 0. The van der Waals surface area contributed by atoms with Crippen LogP contribution in [0.4, 0.5) is 0 Å². The first-order valence-corrected chi connectivity index (χ1v) is 5.18. The van der Waals surface area contributed by atoms with Gasteiger partial charge in [-0.1, -0.05) is 12.2 Å². The Morgan fingerprint density at radius 3 is 3.21 bits per heavy atom. The molecule has 1 aliphatic carbocycles.